The van der Waals surface area contributed by atoms with E-state index in [1.807, 2.05) is 0 Å². The van der Waals surface area contributed by atoms with Crippen LogP contribution >= 0.6 is 0 Å². The van der Waals surface area contributed by atoms with E-state index >= 15 is 0 Å². The van der Waals surface area contributed by atoms with Gasteiger partial charge in [0.25, 0.3) is 0 Å². The smallest absolute Gasteiger partial charge is 0.170 e. The maximum atomic E-state index is 12.2. The second kappa shape index (κ2) is 6.65. The third-order valence-electron chi connectivity index (χ3n) is 3.03. The predicted molar refractivity (Wildman–Crippen MR) is 77.1 cm³/mol. The van der Waals surface area contributed by atoms with Gasteiger partial charge in [0.2, 0.25) is 0 Å². The molecule has 21 heavy (non-hydrogen) atoms. The van der Waals surface area contributed by atoms with Gasteiger partial charge < -0.3 is 9.47 Å². The van der Waals surface area contributed by atoms with E-state index in [9.17, 15) is 9.59 Å². The lowest BCUT2D eigenvalue weighted by atomic mass is 10.0. The molecule has 0 N–H and O–H groups in total. The number of rotatable bonds is 6. The van der Waals surface area contributed by atoms with E-state index in [1.165, 1.54) is 26.6 Å². The molecule has 5 heteroatoms. The molecule has 1 aromatic carbocycles. The summed E-state index contributed by atoms with van der Waals surface area (Å²) in [6, 6.07) is 8.00. The van der Waals surface area contributed by atoms with Crippen molar-refractivity contribution >= 4 is 11.6 Å². The number of nitrogens with zero attached hydrogens (tertiary/aromatic N) is 1. The van der Waals surface area contributed by atoms with E-state index in [-0.39, 0.29) is 18.0 Å². The van der Waals surface area contributed by atoms with Crippen molar-refractivity contribution in [3.05, 3.63) is 53.9 Å². The Morgan fingerprint density at radius 1 is 0.905 bits per heavy atom. The molecule has 0 saturated carbocycles. The Kier molecular flexibility index (Phi) is 4.66. The van der Waals surface area contributed by atoms with Gasteiger partial charge in [0.05, 0.1) is 20.6 Å². The normalized spacial score (nSPS) is 10.0. The van der Waals surface area contributed by atoms with Crippen LogP contribution in [0.3, 0.4) is 0 Å². The number of carbonyl (C=O) groups excluding carboxylic acids is 2. The Bertz CT molecular complexity index is 653. The lowest BCUT2D eigenvalue weighted by Crippen LogP contribution is -2.09. The van der Waals surface area contributed by atoms with Crippen LogP contribution in [-0.4, -0.2) is 30.8 Å². The van der Waals surface area contributed by atoms with Gasteiger partial charge in [-0.3, -0.25) is 14.6 Å². The zero-order valence-corrected chi connectivity index (χ0v) is 11.8. The lowest BCUT2D eigenvalue weighted by Gasteiger charge is -2.08. The van der Waals surface area contributed by atoms with Crippen molar-refractivity contribution in [1.29, 1.82) is 0 Å². The van der Waals surface area contributed by atoms with Gasteiger partial charge in [0, 0.05) is 23.5 Å². The number of ether oxygens (including phenoxy) is 2. The summed E-state index contributed by atoms with van der Waals surface area (Å²) in [6.45, 7) is 0. The summed E-state index contributed by atoms with van der Waals surface area (Å²) in [6.07, 6.45) is 2.85. The van der Waals surface area contributed by atoms with E-state index in [2.05, 4.69) is 4.98 Å². The van der Waals surface area contributed by atoms with Crippen LogP contribution in [0.25, 0.3) is 0 Å². The second-order valence-electron chi connectivity index (χ2n) is 4.33. The molecule has 0 fully saturated rings. The molecule has 0 aliphatic carbocycles. The molecule has 0 amide bonds. The second-order valence-corrected chi connectivity index (χ2v) is 4.33. The van der Waals surface area contributed by atoms with Crippen molar-refractivity contribution in [1.82, 2.24) is 4.98 Å². The highest BCUT2D eigenvalue weighted by Crippen LogP contribution is 2.28. The fraction of sp³-hybridized carbons (Fsp3) is 0.188. The van der Waals surface area contributed by atoms with Crippen LogP contribution in [0, 0.1) is 0 Å². The Balaban J connectivity index is 2.15. The summed E-state index contributed by atoms with van der Waals surface area (Å²) in [5.74, 6) is 0.490. The minimum atomic E-state index is -0.266. The number of pyridine rings is 1. The van der Waals surface area contributed by atoms with Crippen LogP contribution in [0.5, 0.6) is 11.5 Å². The number of benzene rings is 1. The average molecular weight is 285 g/mol. The van der Waals surface area contributed by atoms with Crippen molar-refractivity contribution < 1.29 is 19.1 Å². The number of carbonyl (C=O) groups is 2. The molecule has 0 bridgehead atoms. The van der Waals surface area contributed by atoms with Crippen molar-refractivity contribution in [2.45, 2.75) is 6.42 Å². The topological polar surface area (TPSA) is 65.5 Å². The molecule has 0 aliphatic heterocycles. The minimum Gasteiger partial charge on any atom is -0.493 e. The third kappa shape index (κ3) is 3.45. The quantitative estimate of drug-likeness (QED) is 0.603. The predicted octanol–water partition coefficient (Wildman–Crippen LogP) is 2.55. The maximum absolute atomic E-state index is 12.2. The lowest BCUT2D eigenvalue weighted by molar-refractivity contribution is 0.0894. The SMILES string of the molecule is COc1ccc(C(=O)CC(=O)c2ccncc2)cc1OC. The highest BCUT2D eigenvalue weighted by atomic mass is 16.5. The standard InChI is InChI=1S/C16H15NO4/c1-20-15-4-3-12(9-16(15)21-2)14(19)10-13(18)11-5-7-17-8-6-11/h3-9H,10H2,1-2H3. The van der Waals surface area contributed by atoms with E-state index in [0.717, 1.165) is 0 Å². The van der Waals surface area contributed by atoms with Gasteiger partial charge in [0.1, 0.15) is 0 Å². The first-order chi connectivity index (χ1) is 10.2. The van der Waals surface area contributed by atoms with Crippen LogP contribution < -0.4 is 9.47 Å². The Morgan fingerprint density at radius 3 is 2.14 bits per heavy atom. The molecule has 1 heterocycles. The summed E-state index contributed by atoms with van der Waals surface area (Å²) >= 11 is 0. The Labute approximate surface area is 122 Å². The summed E-state index contributed by atoms with van der Waals surface area (Å²) in [4.78, 5) is 28.0. The molecule has 0 spiro atoms. The molecule has 1 aromatic heterocycles. The molecule has 2 aromatic rings. The Morgan fingerprint density at radius 2 is 1.52 bits per heavy atom. The van der Waals surface area contributed by atoms with Crippen LogP contribution in [0.1, 0.15) is 27.1 Å². The summed E-state index contributed by atoms with van der Waals surface area (Å²) in [5.41, 5.74) is 0.883. The molecule has 0 aliphatic rings. The van der Waals surface area contributed by atoms with Gasteiger partial charge in [-0.1, -0.05) is 0 Å². The Hall–Kier alpha value is -2.69. The monoisotopic (exact) mass is 285 g/mol. The van der Waals surface area contributed by atoms with E-state index < -0.39 is 0 Å². The highest BCUT2D eigenvalue weighted by molar-refractivity contribution is 6.13. The van der Waals surface area contributed by atoms with Gasteiger partial charge in [-0.05, 0) is 30.3 Å². The molecule has 0 unspecified atom stereocenters. The fourth-order valence-corrected chi connectivity index (χ4v) is 1.90. The van der Waals surface area contributed by atoms with E-state index in [1.54, 1.807) is 30.3 Å². The summed E-state index contributed by atoms with van der Waals surface area (Å²) < 4.78 is 10.3. The molecular formula is C16H15NO4. The first-order valence-corrected chi connectivity index (χ1v) is 6.34. The van der Waals surface area contributed by atoms with Crippen LogP contribution in [0.15, 0.2) is 42.7 Å². The van der Waals surface area contributed by atoms with Crippen molar-refractivity contribution in [2.24, 2.45) is 0 Å². The number of methoxy groups -OCH3 is 2. The highest BCUT2D eigenvalue weighted by Gasteiger charge is 2.15. The fourth-order valence-electron chi connectivity index (χ4n) is 1.90. The van der Waals surface area contributed by atoms with Crippen molar-refractivity contribution in [3.63, 3.8) is 0 Å². The minimum absolute atomic E-state index is 0.195. The maximum Gasteiger partial charge on any atom is 0.170 e. The summed E-state index contributed by atoms with van der Waals surface area (Å²) in [7, 11) is 3.01. The molecule has 0 saturated heterocycles. The average Bonchev–Trinajstić information content (AvgIpc) is 2.54. The number of aromatic nitrogens is 1. The zero-order valence-electron chi connectivity index (χ0n) is 11.8. The summed E-state index contributed by atoms with van der Waals surface area (Å²) in [5, 5.41) is 0. The third-order valence-corrected chi connectivity index (χ3v) is 3.03. The zero-order chi connectivity index (χ0) is 15.2. The number of ketones is 2. The number of hydrogen-bond acceptors (Lipinski definition) is 5. The van der Waals surface area contributed by atoms with E-state index in [0.29, 0.717) is 22.6 Å². The van der Waals surface area contributed by atoms with Gasteiger partial charge in [-0.2, -0.15) is 0 Å². The number of hydrogen-bond donors (Lipinski definition) is 0. The van der Waals surface area contributed by atoms with Gasteiger partial charge in [0.15, 0.2) is 23.1 Å². The molecular weight excluding hydrogens is 270 g/mol. The van der Waals surface area contributed by atoms with Crippen LogP contribution in [0.2, 0.25) is 0 Å². The van der Waals surface area contributed by atoms with Crippen molar-refractivity contribution in [3.8, 4) is 11.5 Å². The molecule has 5 nitrogen and oxygen atoms in total. The molecule has 108 valence electrons. The van der Waals surface area contributed by atoms with Crippen molar-refractivity contribution in [2.75, 3.05) is 14.2 Å². The van der Waals surface area contributed by atoms with Gasteiger partial charge >= 0.3 is 0 Å². The molecule has 0 atom stereocenters. The molecule has 2 rings (SSSR count). The first-order valence-electron chi connectivity index (χ1n) is 6.34. The first kappa shape index (κ1) is 14.7. The van der Waals surface area contributed by atoms with Gasteiger partial charge in [-0.25, -0.2) is 0 Å². The van der Waals surface area contributed by atoms with Crippen LogP contribution in [-0.2, 0) is 0 Å². The largest absolute Gasteiger partial charge is 0.493 e. The van der Waals surface area contributed by atoms with Crippen LogP contribution in [0.4, 0.5) is 0 Å². The van der Waals surface area contributed by atoms with E-state index in [4.69, 9.17) is 9.47 Å². The number of Topliss-reactive ketones (excluding diaryl/α,β-unsaturated/α-hetero) is 2. The van der Waals surface area contributed by atoms with Gasteiger partial charge in [-0.15, -0.1) is 0 Å². The molecule has 0 radical (unpaired) electrons.